The van der Waals surface area contributed by atoms with Gasteiger partial charge in [0.25, 0.3) is 5.56 Å². The molecule has 1 aromatic carbocycles. The summed E-state index contributed by atoms with van der Waals surface area (Å²) in [4.78, 5) is 26.7. The molecular weight excluding hydrogens is 454 g/mol. The van der Waals surface area contributed by atoms with Crippen LogP contribution in [0.1, 0.15) is 47.4 Å². The number of methoxy groups -OCH3 is 1. The van der Waals surface area contributed by atoms with Gasteiger partial charge in [-0.2, -0.15) is 0 Å². The van der Waals surface area contributed by atoms with E-state index in [-0.39, 0.29) is 29.0 Å². The van der Waals surface area contributed by atoms with E-state index >= 15 is 0 Å². The van der Waals surface area contributed by atoms with Gasteiger partial charge in [0.05, 0.1) is 18.8 Å². The van der Waals surface area contributed by atoms with Crippen molar-refractivity contribution in [2.75, 3.05) is 13.7 Å². The fourth-order valence-corrected chi connectivity index (χ4v) is 4.47. The Morgan fingerprint density at radius 2 is 1.94 bits per heavy atom. The standard InChI is InChI=1S/C26H24F2N4O3/c1-14-15(2)30-23-13-21(16-7-9-35-22(10-16)17-6-8-29-24(11-17)34-3)31-25(32(23)26(14)33)19-5-4-18(27)12-20(19)28/h4-6,8,11-13,16,22H,7,9-10H2,1-3H3/t16-,22+/m0/s1. The molecule has 0 aliphatic carbocycles. The van der Waals surface area contributed by atoms with Gasteiger partial charge in [0.2, 0.25) is 5.88 Å². The molecule has 0 N–H and O–H groups in total. The maximum absolute atomic E-state index is 14.9. The van der Waals surface area contributed by atoms with Crippen molar-refractivity contribution in [3.8, 4) is 17.3 Å². The van der Waals surface area contributed by atoms with Gasteiger partial charge in [-0.15, -0.1) is 0 Å². The van der Waals surface area contributed by atoms with Crippen LogP contribution in [0.4, 0.5) is 8.78 Å². The second-order valence-corrected chi connectivity index (χ2v) is 8.66. The molecule has 5 rings (SSSR count). The van der Waals surface area contributed by atoms with E-state index in [2.05, 4.69) is 9.97 Å². The minimum absolute atomic E-state index is 0.0290. The first-order valence-electron chi connectivity index (χ1n) is 11.3. The SMILES string of the molecule is COc1cc([C@H]2C[C@@H](c3cc4nc(C)c(C)c(=O)n4c(-c4ccc(F)cc4F)n3)CCO2)ccn1. The Morgan fingerprint density at radius 3 is 2.71 bits per heavy atom. The zero-order chi connectivity index (χ0) is 24.7. The molecule has 4 heterocycles. The highest BCUT2D eigenvalue weighted by Crippen LogP contribution is 2.38. The summed E-state index contributed by atoms with van der Waals surface area (Å²) in [7, 11) is 1.56. The first kappa shape index (κ1) is 23.0. The van der Waals surface area contributed by atoms with Crippen LogP contribution < -0.4 is 10.3 Å². The molecule has 35 heavy (non-hydrogen) atoms. The fraction of sp³-hybridized carbons (Fsp3) is 0.308. The van der Waals surface area contributed by atoms with E-state index in [1.165, 1.54) is 10.5 Å². The number of aryl methyl sites for hydroxylation is 1. The minimum Gasteiger partial charge on any atom is -0.481 e. The Kier molecular flexibility index (Phi) is 6.02. The molecule has 2 atom stereocenters. The molecule has 0 spiro atoms. The van der Waals surface area contributed by atoms with Crippen molar-refractivity contribution < 1.29 is 18.3 Å². The normalized spacial score (nSPS) is 18.1. The lowest BCUT2D eigenvalue weighted by Crippen LogP contribution is -2.24. The maximum Gasteiger partial charge on any atom is 0.262 e. The summed E-state index contributed by atoms with van der Waals surface area (Å²) in [6, 6.07) is 8.74. The van der Waals surface area contributed by atoms with Crippen LogP contribution in [0.5, 0.6) is 5.88 Å². The summed E-state index contributed by atoms with van der Waals surface area (Å²) in [6.07, 6.45) is 2.79. The van der Waals surface area contributed by atoms with Crippen molar-refractivity contribution in [2.45, 2.75) is 38.7 Å². The van der Waals surface area contributed by atoms with Gasteiger partial charge in [-0.25, -0.2) is 28.1 Å². The van der Waals surface area contributed by atoms with Crippen LogP contribution >= 0.6 is 0 Å². The first-order valence-corrected chi connectivity index (χ1v) is 11.3. The molecule has 0 bridgehead atoms. The topological polar surface area (TPSA) is 78.6 Å². The molecule has 7 nitrogen and oxygen atoms in total. The van der Waals surface area contributed by atoms with E-state index in [1.807, 2.05) is 12.1 Å². The quantitative estimate of drug-likeness (QED) is 0.424. The van der Waals surface area contributed by atoms with Crippen LogP contribution in [0.3, 0.4) is 0 Å². The van der Waals surface area contributed by atoms with Crippen molar-refractivity contribution in [2.24, 2.45) is 0 Å². The van der Waals surface area contributed by atoms with E-state index in [1.54, 1.807) is 33.2 Å². The fourth-order valence-electron chi connectivity index (χ4n) is 4.47. The number of ether oxygens (including phenoxy) is 2. The first-order chi connectivity index (χ1) is 16.9. The van der Waals surface area contributed by atoms with Crippen LogP contribution in [0.15, 0.2) is 47.4 Å². The second-order valence-electron chi connectivity index (χ2n) is 8.66. The molecular formula is C26H24F2N4O3. The Labute approximate surface area is 200 Å². The number of rotatable bonds is 4. The van der Waals surface area contributed by atoms with Crippen LogP contribution in [0.25, 0.3) is 17.0 Å². The van der Waals surface area contributed by atoms with Gasteiger partial charge in [0, 0.05) is 53.9 Å². The Balaban J connectivity index is 1.64. The van der Waals surface area contributed by atoms with Gasteiger partial charge in [-0.1, -0.05) is 0 Å². The smallest absolute Gasteiger partial charge is 0.262 e. The van der Waals surface area contributed by atoms with Crippen molar-refractivity contribution in [1.82, 2.24) is 19.4 Å². The molecule has 1 saturated heterocycles. The Hall–Kier alpha value is -3.72. The van der Waals surface area contributed by atoms with E-state index in [0.29, 0.717) is 47.9 Å². The van der Waals surface area contributed by atoms with Gasteiger partial charge >= 0.3 is 0 Å². The molecule has 4 aromatic rings. The second kappa shape index (κ2) is 9.14. The summed E-state index contributed by atoms with van der Waals surface area (Å²) in [5, 5.41) is 0. The van der Waals surface area contributed by atoms with Crippen LogP contribution in [-0.4, -0.2) is 33.1 Å². The Bertz CT molecular complexity index is 1490. The largest absolute Gasteiger partial charge is 0.481 e. The Morgan fingerprint density at radius 1 is 1.11 bits per heavy atom. The minimum atomic E-state index is -0.796. The summed E-state index contributed by atoms with van der Waals surface area (Å²) in [5.74, 6) is -0.928. The number of nitrogens with zero attached hydrogens (tertiary/aromatic N) is 4. The summed E-state index contributed by atoms with van der Waals surface area (Å²) in [6.45, 7) is 3.93. The molecule has 0 unspecified atom stereocenters. The number of hydrogen-bond acceptors (Lipinski definition) is 6. The number of aromatic nitrogens is 4. The zero-order valence-corrected chi connectivity index (χ0v) is 19.6. The zero-order valence-electron chi connectivity index (χ0n) is 19.6. The third-order valence-electron chi connectivity index (χ3n) is 6.52. The lowest BCUT2D eigenvalue weighted by molar-refractivity contribution is 0.00448. The highest BCUT2D eigenvalue weighted by atomic mass is 19.1. The van der Waals surface area contributed by atoms with Gasteiger partial charge < -0.3 is 9.47 Å². The van der Waals surface area contributed by atoms with Gasteiger partial charge in [0.1, 0.15) is 17.3 Å². The van der Waals surface area contributed by atoms with Crippen molar-refractivity contribution in [3.63, 3.8) is 0 Å². The number of fused-ring (bicyclic) bond motifs is 1. The number of halogens is 2. The van der Waals surface area contributed by atoms with E-state index in [0.717, 1.165) is 17.7 Å². The van der Waals surface area contributed by atoms with Crippen molar-refractivity contribution in [3.05, 3.63) is 87.1 Å². The third-order valence-corrected chi connectivity index (χ3v) is 6.52. The number of hydrogen-bond donors (Lipinski definition) is 0. The average Bonchev–Trinajstić information content (AvgIpc) is 2.87. The highest BCUT2D eigenvalue weighted by molar-refractivity contribution is 5.61. The highest BCUT2D eigenvalue weighted by Gasteiger charge is 2.28. The van der Waals surface area contributed by atoms with Gasteiger partial charge in [0.15, 0.2) is 5.82 Å². The predicted octanol–water partition coefficient (Wildman–Crippen LogP) is 4.69. The summed E-state index contributed by atoms with van der Waals surface area (Å²) in [5.41, 5.74) is 2.72. The molecule has 1 fully saturated rings. The molecule has 180 valence electrons. The molecule has 3 aromatic heterocycles. The van der Waals surface area contributed by atoms with Crippen LogP contribution in [0.2, 0.25) is 0 Å². The maximum atomic E-state index is 14.9. The monoisotopic (exact) mass is 478 g/mol. The van der Waals surface area contributed by atoms with Crippen LogP contribution in [-0.2, 0) is 4.74 Å². The van der Waals surface area contributed by atoms with Crippen molar-refractivity contribution >= 4 is 5.65 Å². The molecule has 1 aliphatic rings. The number of pyridine rings is 1. The molecule has 0 saturated carbocycles. The van der Waals surface area contributed by atoms with Gasteiger partial charge in [-0.3, -0.25) is 4.79 Å². The predicted molar refractivity (Wildman–Crippen MR) is 126 cm³/mol. The average molecular weight is 478 g/mol. The molecule has 0 radical (unpaired) electrons. The van der Waals surface area contributed by atoms with E-state index in [4.69, 9.17) is 14.5 Å². The third kappa shape index (κ3) is 4.27. The van der Waals surface area contributed by atoms with Crippen molar-refractivity contribution in [1.29, 1.82) is 0 Å². The van der Waals surface area contributed by atoms with Gasteiger partial charge in [-0.05, 0) is 50.5 Å². The lowest BCUT2D eigenvalue weighted by atomic mass is 9.89. The molecule has 9 heteroatoms. The van der Waals surface area contributed by atoms with E-state index in [9.17, 15) is 13.6 Å². The van der Waals surface area contributed by atoms with Crippen LogP contribution in [0, 0.1) is 25.5 Å². The van der Waals surface area contributed by atoms with E-state index < -0.39 is 11.6 Å². The summed E-state index contributed by atoms with van der Waals surface area (Å²) >= 11 is 0. The molecule has 1 aliphatic heterocycles. The lowest BCUT2D eigenvalue weighted by Gasteiger charge is -2.30. The number of benzene rings is 1. The molecule has 0 amide bonds. The summed E-state index contributed by atoms with van der Waals surface area (Å²) < 4.78 is 41.0.